The van der Waals surface area contributed by atoms with Crippen molar-refractivity contribution in [2.24, 2.45) is 5.92 Å². The summed E-state index contributed by atoms with van der Waals surface area (Å²) in [6.07, 6.45) is 2.90. The van der Waals surface area contributed by atoms with Crippen molar-refractivity contribution in [3.8, 4) is 0 Å². The first-order chi connectivity index (χ1) is 7.55. The van der Waals surface area contributed by atoms with Gasteiger partial charge < -0.3 is 14.8 Å². The Morgan fingerprint density at radius 3 is 2.50 bits per heavy atom. The molecule has 0 saturated heterocycles. The number of aliphatic hydroxyl groups excluding tert-OH is 1. The Kier molecular flexibility index (Phi) is 7.64. The zero-order chi connectivity index (χ0) is 12.6. The van der Waals surface area contributed by atoms with E-state index in [0.717, 1.165) is 19.3 Å². The summed E-state index contributed by atoms with van der Waals surface area (Å²) in [7, 11) is -1.53. The van der Waals surface area contributed by atoms with Crippen LogP contribution >= 0.6 is 8.46 Å². The molecule has 16 heavy (non-hydrogen) atoms. The van der Waals surface area contributed by atoms with Crippen LogP contribution in [0.1, 0.15) is 33.1 Å². The lowest BCUT2D eigenvalue weighted by molar-refractivity contribution is -0.143. The predicted octanol–water partition coefficient (Wildman–Crippen LogP) is 0.932. The second-order valence-corrected chi connectivity index (χ2v) is 5.16. The van der Waals surface area contributed by atoms with Crippen molar-refractivity contribution in [2.45, 2.75) is 38.4 Å². The van der Waals surface area contributed by atoms with Crippen LogP contribution in [0.25, 0.3) is 0 Å². The maximum Gasteiger partial charge on any atom is 0.331 e. The number of carboxylic acid groups (broad SMARTS) is 1. The molecule has 0 aliphatic carbocycles. The lowest BCUT2D eigenvalue weighted by Gasteiger charge is -2.30. The van der Waals surface area contributed by atoms with Gasteiger partial charge in [-0.3, -0.25) is 5.32 Å². The second-order valence-electron chi connectivity index (χ2n) is 4.01. The molecule has 96 valence electrons. The quantitative estimate of drug-likeness (QED) is 0.419. The number of carboxylic acids is 1. The summed E-state index contributed by atoms with van der Waals surface area (Å²) in [5.41, 5.74) is 0. The van der Waals surface area contributed by atoms with Gasteiger partial charge in [0.15, 0.2) is 5.28 Å². The minimum absolute atomic E-state index is 0.289. The largest absolute Gasteiger partial charge is 0.480 e. The van der Waals surface area contributed by atoms with Crippen molar-refractivity contribution in [2.75, 3.05) is 13.2 Å². The van der Waals surface area contributed by atoms with Gasteiger partial charge in [-0.15, -0.1) is 0 Å². The molecule has 0 heterocycles. The normalized spacial score (nSPS) is 17.4. The summed E-state index contributed by atoms with van der Waals surface area (Å²) in [5, 5.41) is 19.5. The summed E-state index contributed by atoms with van der Waals surface area (Å²) in [4.78, 5) is 11.2. The maximum absolute atomic E-state index is 11.2. The van der Waals surface area contributed by atoms with Crippen molar-refractivity contribution >= 4 is 14.4 Å². The molecule has 3 unspecified atom stereocenters. The smallest absolute Gasteiger partial charge is 0.331 e. The molecule has 0 radical (unpaired) electrons. The van der Waals surface area contributed by atoms with E-state index in [9.17, 15) is 9.36 Å². The molecule has 5 nitrogen and oxygen atoms in total. The van der Waals surface area contributed by atoms with Crippen LogP contribution in [0.5, 0.6) is 0 Å². The summed E-state index contributed by atoms with van der Waals surface area (Å²) < 4.78 is 11.2. The monoisotopic (exact) mass is 251 g/mol. The van der Waals surface area contributed by atoms with E-state index in [1.807, 2.05) is 0 Å². The Morgan fingerprint density at radius 1 is 1.50 bits per heavy atom. The minimum Gasteiger partial charge on any atom is -0.480 e. The lowest BCUT2D eigenvalue weighted by atomic mass is 10.0. The van der Waals surface area contributed by atoms with E-state index >= 15 is 0 Å². The van der Waals surface area contributed by atoms with Gasteiger partial charge in [0.2, 0.25) is 0 Å². The third kappa shape index (κ3) is 3.89. The molecule has 0 aliphatic heterocycles. The van der Waals surface area contributed by atoms with Gasteiger partial charge in [-0.25, -0.2) is 4.79 Å². The fourth-order valence-electron chi connectivity index (χ4n) is 1.48. The molecule has 3 atom stereocenters. The Balaban J connectivity index is 4.52. The molecule has 3 N–H and O–H groups in total. The molecule has 0 spiro atoms. The Bertz CT molecular complexity index is 237. The van der Waals surface area contributed by atoms with Gasteiger partial charge in [0.1, 0.15) is 0 Å². The molecule has 0 aromatic carbocycles. The predicted molar refractivity (Wildman–Crippen MR) is 64.5 cm³/mol. The third-order valence-corrected chi connectivity index (χ3v) is 4.18. The van der Waals surface area contributed by atoms with E-state index in [1.54, 1.807) is 6.92 Å². The minimum atomic E-state index is -1.53. The number of hydrogen-bond acceptors (Lipinski definition) is 4. The summed E-state index contributed by atoms with van der Waals surface area (Å²) >= 11 is 0. The number of rotatable bonds is 9. The standard InChI is InChI=1S/C10H22NO4P/c1-3-4-5-6-11-10(16-15,9(13)14)8(2)7-12/h8,11-12H,3-7,16H2,1-2H3,(H,13,14). The van der Waals surface area contributed by atoms with Crippen LogP contribution in [-0.2, 0) is 9.36 Å². The van der Waals surface area contributed by atoms with E-state index in [4.69, 9.17) is 10.2 Å². The van der Waals surface area contributed by atoms with E-state index in [-0.39, 0.29) is 6.61 Å². The zero-order valence-corrected chi connectivity index (χ0v) is 11.1. The van der Waals surface area contributed by atoms with E-state index in [2.05, 4.69) is 12.2 Å². The van der Waals surface area contributed by atoms with Crippen molar-refractivity contribution in [1.82, 2.24) is 5.32 Å². The first-order valence-electron chi connectivity index (χ1n) is 5.60. The Morgan fingerprint density at radius 2 is 2.12 bits per heavy atom. The average Bonchev–Trinajstić information content (AvgIpc) is 2.28. The van der Waals surface area contributed by atoms with Crippen LogP contribution in [-0.4, -0.2) is 34.6 Å². The fourth-order valence-corrected chi connectivity index (χ4v) is 2.15. The summed E-state index contributed by atoms with van der Waals surface area (Å²) in [6.45, 7) is 3.87. The van der Waals surface area contributed by atoms with Crippen molar-refractivity contribution in [3.63, 3.8) is 0 Å². The second kappa shape index (κ2) is 7.82. The fraction of sp³-hybridized carbons (Fsp3) is 0.900. The topological polar surface area (TPSA) is 86.6 Å². The lowest BCUT2D eigenvalue weighted by Crippen LogP contribution is -2.53. The highest BCUT2D eigenvalue weighted by Crippen LogP contribution is 2.29. The maximum atomic E-state index is 11.2. The van der Waals surface area contributed by atoms with Gasteiger partial charge in [0.05, 0.1) is 8.46 Å². The van der Waals surface area contributed by atoms with Crippen LogP contribution in [0.15, 0.2) is 0 Å². The molecule has 0 amide bonds. The number of hydrogen-bond donors (Lipinski definition) is 3. The number of carbonyl (C=O) groups is 1. The van der Waals surface area contributed by atoms with Crippen LogP contribution in [0.3, 0.4) is 0 Å². The number of unbranched alkanes of at least 4 members (excludes halogenated alkanes) is 2. The van der Waals surface area contributed by atoms with Crippen LogP contribution in [0.2, 0.25) is 0 Å². The van der Waals surface area contributed by atoms with Crippen LogP contribution in [0.4, 0.5) is 0 Å². The van der Waals surface area contributed by atoms with Crippen molar-refractivity contribution < 1.29 is 19.6 Å². The van der Waals surface area contributed by atoms with Gasteiger partial charge in [-0.1, -0.05) is 26.7 Å². The van der Waals surface area contributed by atoms with Gasteiger partial charge >= 0.3 is 5.97 Å². The van der Waals surface area contributed by atoms with Gasteiger partial charge in [0, 0.05) is 12.5 Å². The molecule has 0 aromatic rings. The zero-order valence-electron chi connectivity index (χ0n) is 9.90. The average molecular weight is 251 g/mol. The van der Waals surface area contributed by atoms with Gasteiger partial charge in [-0.05, 0) is 13.0 Å². The molecule has 6 heteroatoms. The van der Waals surface area contributed by atoms with Gasteiger partial charge in [-0.2, -0.15) is 0 Å². The van der Waals surface area contributed by atoms with Gasteiger partial charge in [0.25, 0.3) is 0 Å². The highest BCUT2D eigenvalue weighted by molar-refractivity contribution is 7.27. The molecular weight excluding hydrogens is 229 g/mol. The van der Waals surface area contributed by atoms with E-state index in [0.29, 0.717) is 6.54 Å². The number of aliphatic carboxylic acids is 1. The molecule has 0 fully saturated rings. The van der Waals surface area contributed by atoms with Crippen molar-refractivity contribution in [3.05, 3.63) is 0 Å². The highest BCUT2D eigenvalue weighted by Gasteiger charge is 2.42. The first kappa shape index (κ1) is 15.6. The molecule has 0 saturated carbocycles. The molecule has 0 aliphatic rings. The summed E-state index contributed by atoms with van der Waals surface area (Å²) in [6, 6.07) is 0. The molecule has 0 rings (SSSR count). The van der Waals surface area contributed by atoms with Crippen LogP contribution < -0.4 is 5.32 Å². The highest BCUT2D eigenvalue weighted by atomic mass is 31.1. The van der Waals surface area contributed by atoms with Crippen molar-refractivity contribution in [1.29, 1.82) is 0 Å². The van der Waals surface area contributed by atoms with E-state index < -0.39 is 25.6 Å². The molecular formula is C10H22NO4P. The summed E-state index contributed by atoms with van der Waals surface area (Å²) in [5.74, 6) is -1.70. The molecule has 0 bridgehead atoms. The third-order valence-electron chi connectivity index (χ3n) is 2.79. The first-order valence-corrected chi connectivity index (χ1v) is 6.65. The Hall–Kier alpha value is -0.380. The van der Waals surface area contributed by atoms with E-state index in [1.165, 1.54) is 0 Å². The SMILES string of the molecule is CCCCCNC([PH2]=O)(C(=O)O)C(C)CO. The van der Waals surface area contributed by atoms with Crippen LogP contribution in [0, 0.1) is 5.92 Å². The number of nitrogens with one attached hydrogen (secondary N) is 1. The Labute approximate surface area is 97.4 Å². The number of aliphatic hydroxyl groups is 1. The molecule has 0 aromatic heterocycles.